The average molecular weight is 284 g/mol. The van der Waals surface area contributed by atoms with Crippen LogP contribution in [0.3, 0.4) is 0 Å². The molecule has 0 amide bonds. The van der Waals surface area contributed by atoms with Gasteiger partial charge in [0.15, 0.2) is 0 Å². The van der Waals surface area contributed by atoms with E-state index in [4.69, 9.17) is 0 Å². The predicted octanol–water partition coefficient (Wildman–Crippen LogP) is 5.81. The van der Waals surface area contributed by atoms with Crippen molar-refractivity contribution in [3.8, 4) is 0 Å². The Labute approximate surface area is 128 Å². The smallest absolute Gasteiger partial charge is 0.123 e. The molecule has 2 rings (SSSR count). The van der Waals surface area contributed by atoms with Crippen LogP contribution < -0.4 is 0 Å². The second-order valence-electron chi connectivity index (χ2n) is 5.86. The van der Waals surface area contributed by atoms with Crippen molar-refractivity contribution in [1.82, 2.24) is 0 Å². The molecule has 0 N–H and O–H groups in total. The van der Waals surface area contributed by atoms with Gasteiger partial charge < -0.3 is 0 Å². The van der Waals surface area contributed by atoms with Crippen molar-refractivity contribution < 1.29 is 4.39 Å². The van der Waals surface area contributed by atoms with E-state index in [-0.39, 0.29) is 5.82 Å². The normalized spacial score (nSPS) is 12.3. The van der Waals surface area contributed by atoms with Crippen molar-refractivity contribution in [2.24, 2.45) is 5.92 Å². The van der Waals surface area contributed by atoms with Crippen LogP contribution in [0.25, 0.3) is 0 Å². The zero-order valence-electron chi connectivity index (χ0n) is 12.9. The highest BCUT2D eigenvalue weighted by atomic mass is 19.1. The summed E-state index contributed by atoms with van der Waals surface area (Å²) in [6.45, 7) is 2.24. The molecular weight excluding hydrogens is 259 g/mol. The Kier molecular flexibility index (Phi) is 6.46. The second kappa shape index (κ2) is 8.61. The summed E-state index contributed by atoms with van der Waals surface area (Å²) in [6.07, 6.45) is 7.19. The average Bonchev–Trinajstić information content (AvgIpc) is 2.51. The summed E-state index contributed by atoms with van der Waals surface area (Å²) >= 11 is 0. The minimum Gasteiger partial charge on any atom is -0.207 e. The first-order valence-electron chi connectivity index (χ1n) is 8.06. The van der Waals surface area contributed by atoms with Gasteiger partial charge >= 0.3 is 0 Å². The van der Waals surface area contributed by atoms with Crippen LogP contribution >= 0.6 is 0 Å². The van der Waals surface area contributed by atoms with E-state index in [1.165, 1.54) is 36.8 Å². The molecule has 0 aromatic heterocycles. The van der Waals surface area contributed by atoms with Crippen LogP contribution in [0, 0.1) is 11.7 Å². The number of rotatable bonds is 8. The molecule has 0 heterocycles. The van der Waals surface area contributed by atoms with Gasteiger partial charge in [-0.25, -0.2) is 4.39 Å². The largest absolute Gasteiger partial charge is 0.207 e. The van der Waals surface area contributed by atoms with E-state index >= 15 is 0 Å². The highest BCUT2D eigenvalue weighted by Crippen LogP contribution is 2.21. The van der Waals surface area contributed by atoms with Crippen molar-refractivity contribution in [3.05, 3.63) is 71.5 Å². The first kappa shape index (κ1) is 15.8. The SMILES string of the molecule is CCCC(CCCc1ccccc1)Cc1ccc(F)cc1. The Hall–Kier alpha value is -1.63. The monoisotopic (exact) mass is 284 g/mol. The first-order valence-corrected chi connectivity index (χ1v) is 8.06. The van der Waals surface area contributed by atoms with Gasteiger partial charge in [-0.15, -0.1) is 0 Å². The Bertz CT molecular complexity index is 501. The first-order chi connectivity index (χ1) is 10.3. The van der Waals surface area contributed by atoms with E-state index in [1.54, 1.807) is 12.1 Å². The number of aryl methyl sites for hydroxylation is 1. The molecule has 0 aliphatic heterocycles. The van der Waals surface area contributed by atoms with Gasteiger partial charge in [0.1, 0.15) is 5.82 Å². The second-order valence-corrected chi connectivity index (χ2v) is 5.86. The molecular formula is C20H25F. The van der Waals surface area contributed by atoms with Crippen LogP contribution in [0.5, 0.6) is 0 Å². The van der Waals surface area contributed by atoms with Gasteiger partial charge in [-0.05, 0) is 54.9 Å². The molecule has 1 unspecified atom stereocenters. The van der Waals surface area contributed by atoms with Gasteiger partial charge in [-0.3, -0.25) is 0 Å². The lowest BCUT2D eigenvalue weighted by molar-refractivity contribution is 0.429. The van der Waals surface area contributed by atoms with Crippen molar-refractivity contribution in [2.75, 3.05) is 0 Å². The minimum atomic E-state index is -0.144. The molecule has 0 radical (unpaired) electrons. The molecule has 0 nitrogen and oxygen atoms in total. The maximum Gasteiger partial charge on any atom is 0.123 e. The molecule has 112 valence electrons. The summed E-state index contributed by atoms with van der Waals surface area (Å²) in [6, 6.07) is 17.7. The van der Waals surface area contributed by atoms with Gasteiger partial charge in [0, 0.05) is 0 Å². The summed E-state index contributed by atoms with van der Waals surface area (Å²) < 4.78 is 13.0. The van der Waals surface area contributed by atoms with Crippen molar-refractivity contribution >= 4 is 0 Å². The third kappa shape index (κ3) is 5.71. The lowest BCUT2D eigenvalue weighted by Gasteiger charge is -2.16. The molecule has 1 atom stereocenters. The molecule has 0 fully saturated rings. The maximum atomic E-state index is 13.0. The fourth-order valence-electron chi connectivity index (χ4n) is 2.95. The fraction of sp³-hybridized carbons (Fsp3) is 0.400. The summed E-state index contributed by atoms with van der Waals surface area (Å²) in [4.78, 5) is 0. The lowest BCUT2D eigenvalue weighted by Crippen LogP contribution is -2.05. The molecule has 1 heteroatoms. The predicted molar refractivity (Wildman–Crippen MR) is 87.9 cm³/mol. The van der Waals surface area contributed by atoms with E-state index < -0.39 is 0 Å². The van der Waals surface area contributed by atoms with E-state index in [2.05, 4.69) is 37.3 Å². The zero-order valence-corrected chi connectivity index (χ0v) is 12.9. The van der Waals surface area contributed by atoms with Gasteiger partial charge in [0.2, 0.25) is 0 Å². The Morgan fingerprint density at radius 1 is 0.857 bits per heavy atom. The molecule has 0 aliphatic carbocycles. The standard InChI is InChI=1S/C20H25F/c1-2-7-18(16-19-12-14-20(21)15-13-19)11-6-10-17-8-4-3-5-9-17/h3-5,8-9,12-15,18H,2,6-7,10-11,16H2,1H3. The van der Waals surface area contributed by atoms with Crippen LogP contribution in [0.4, 0.5) is 4.39 Å². The van der Waals surface area contributed by atoms with Gasteiger partial charge in [0.25, 0.3) is 0 Å². The molecule has 0 saturated carbocycles. The quantitative estimate of drug-likeness (QED) is 0.574. The molecule has 2 aromatic rings. The molecule has 2 aromatic carbocycles. The highest BCUT2D eigenvalue weighted by molar-refractivity contribution is 5.17. The zero-order chi connectivity index (χ0) is 14.9. The summed E-state index contributed by atoms with van der Waals surface area (Å²) in [5, 5.41) is 0. The van der Waals surface area contributed by atoms with E-state index in [9.17, 15) is 4.39 Å². The van der Waals surface area contributed by atoms with Crippen molar-refractivity contribution in [2.45, 2.75) is 45.4 Å². The van der Waals surface area contributed by atoms with E-state index in [0.717, 1.165) is 12.8 Å². The molecule has 0 saturated heterocycles. The lowest BCUT2D eigenvalue weighted by atomic mass is 9.89. The molecule has 0 aliphatic rings. The number of hydrogen-bond acceptors (Lipinski definition) is 0. The van der Waals surface area contributed by atoms with Crippen LogP contribution in [0.1, 0.15) is 43.7 Å². The number of benzene rings is 2. The molecule has 0 bridgehead atoms. The van der Waals surface area contributed by atoms with E-state index in [0.29, 0.717) is 5.92 Å². The van der Waals surface area contributed by atoms with Crippen molar-refractivity contribution in [1.29, 1.82) is 0 Å². The summed E-state index contributed by atoms with van der Waals surface area (Å²) in [7, 11) is 0. The van der Waals surface area contributed by atoms with Crippen LogP contribution in [-0.2, 0) is 12.8 Å². The van der Waals surface area contributed by atoms with E-state index in [1.807, 2.05) is 12.1 Å². The Morgan fingerprint density at radius 3 is 2.24 bits per heavy atom. The molecule has 0 spiro atoms. The Balaban J connectivity index is 1.82. The van der Waals surface area contributed by atoms with Crippen LogP contribution in [-0.4, -0.2) is 0 Å². The van der Waals surface area contributed by atoms with Crippen LogP contribution in [0.2, 0.25) is 0 Å². The topological polar surface area (TPSA) is 0 Å². The number of halogens is 1. The fourth-order valence-corrected chi connectivity index (χ4v) is 2.95. The molecule has 21 heavy (non-hydrogen) atoms. The van der Waals surface area contributed by atoms with Gasteiger partial charge in [-0.1, -0.05) is 62.2 Å². The highest BCUT2D eigenvalue weighted by Gasteiger charge is 2.09. The van der Waals surface area contributed by atoms with Gasteiger partial charge in [0.05, 0.1) is 0 Å². The summed E-state index contributed by atoms with van der Waals surface area (Å²) in [5.74, 6) is 0.569. The number of hydrogen-bond donors (Lipinski definition) is 0. The van der Waals surface area contributed by atoms with Gasteiger partial charge in [-0.2, -0.15) is 0 Å². The summed E-state index contributed by atoms with van der Waals surface area (Å²) in [5.41, 5.74) is 2.68. The third-order valence-corrected chi connectivity index (χ3v) is 4.06. The Morgan fingerprint density at radius 2 is 1.57 bits per heavy atom. The van der Waals surface area contributed by atoms with Crippen LogP contribution in [0.15, 0.2) is 54.6 Å². The van der Waals surface area contributed by atoms with Crippen molar-refractivity contribution in [3.63, 3.8) is 0 Å². The maximum absolute atomic E-state index is 13.0. The minimum absolute atomic E-state index is 0.144. The third-order valence-electron chi connectivity index (χ3n) is 4.06.